The summed E-state index contributed by atoms with van der Waals surface area (Å²) in [6.45, 7) is 4.15. The van der Waals surface area contributed by atoms with Crippen molar-refractivity contribution in [3.8, 4) is 22.6 Å². The lowest BCUT2D eigenvalue weighted by atomic mass is 10.1. The molecule has 0 radical (unpaired) electrons. The van der Waals surface area contributed by atoms with Crippen LogP contribution in [0.15, 0.2) is 85.1 Å². The number of amides is 2. The van der Waals surface area contributed by atoms with Crippen LogP contribution < -0.4 is 15.5 Å². The molecule has 10 heteroatoms. The summed E-state index contributed by atoms with van der Waals surface area (Å²) in [5.74, 6) is 0.714. The van der Waals surface area contributed by atoms with Gasteiger partial charge in [-0.1, -0.05) is 18.2 Å². The van der Waals surface area contributed by atoms with E-state index in [0.29, 0.717) is 30.3 Å². The zero-order chi connectivity index (χ0) is 29.8. The minimum absolute atomic E-state index is 0.0201. The molecule has 3 aromatic carbocycles. The minimum atomic E-state index is -0.611. The van der Waals surface area contributed by atoms with Gasteiger partial charge in [-0.3, -0.25) is 9.78 Å². The third kappa shape index (κ3) is 6.49. The number of benzene rings is 3. The number of nitrogens with zero attached hydrogens (tertiary/aromatic N) is 4. The molecule has 1 fully saturated rings. The molecule has 2 aromatic heterocycles. The Balaban J connectivity index is 1.25. The lowest BCUT2D eigenvalue weighted by molar-refractivity contribution is -0.116. The monoisotopic (exact) mass is 576 g/mol. The summed E-state index contributed by atoms with van der Waals surface area (Å²) < 4.78 is 20.0. The second-order valence-corrected chi connectivity index (χ2v) is 10.3. The van der Waals surface area contributed by atoms with Crippen molar-refractivity contribution in [2.75, 3.05) is 41.8 Å². The first-order valence-corrected chi connectivity index (χ1v) is 14.0. The summed E-state index contributed by atoms with van der Waals surface area (Å²) >= 11 is 0. The Hall–Kier alpha value is -5.22. The molecule has 1 aliphatic rings. The maximum Gasteiger partial charge on any atom is 0.323 e. The molecule has 2 amide bonds. The number of pyridine rings is 1. The Kier molecular flexibility index (Phi) is 8.01. The molecule has 1 saturated heterocycles. The Morgan fingerprint density at radius 3 is 2.42 bits per heavy atom. The van der Waals surface area contributed by atoms with Crippen molar-refractivity contribution in [2.45, 2.75) is 13.3 Å². The zero-order valence-corrected chi connectivity index (χ0v) is 23.5. The molecule has 3 heterocycles. The van der Waals surface area contributed by atoms with Gasteiger partial charge in [0.1, 0.15) is 17.4 Å². The molecule has 43 heavy (non-hydrogen) atoms. The molecule has 5 aromatic rings. The molecule has 2 N–H and O–H groups in total. The van der Waals surface area contributed by atoms with E-state index in [1.807, 2.05) is 48.5 Å². The Labute approximate surface area is 247 Å². The van der Waals surface area contributed by atoms with E-state index in [-0.39, 0.29) is 17.9 Å². The van der Waals surface area contributed by atoms with E-state index in [2.05, 4.69) is 20.5 Å². The molecule has 0 aliphatic carbocycles. The minimum Gasteiger partial charge on any atom is -0.378 e. The first-order valence-electron chi connectivity index (χ1n) is 14.0. The van der Waals surface area contributed by atoms with Crippen molar-refractivity contribution >= 4 is 39.9 Å². The molecule has 0 spiro atoms. The highest BCUT2D eigenvalue weighted by Crippen LogP contribution is 2.31. The Bertz CT molecular complexity index is 1790. The van der Waals surface area contributed by atoms with Crippen LogP contribution in [0, 0.1) is 5.82 Å². The van der Waals surface area contributed by atoms with E-state index < -0.39 is 11.8 Å². The lowest BCUT2D eigenvalue weighted by Gasteiger charge is -2.29. The summed E-state index contributed by atoms with van der Waals surface area (Å²) in [6.07, 6.45) is 1.90. The number of anilines is 3. The van der Waals surface area contributed by atoms with Crippen LogP contribution in [-0.4, -0.2) is 53.1 Å². The number of ether oxygens (including phenoxy) is 1. The molecule has 9 nitrogen and oxygen atoms in total. The number of carbonyl (C=O) groups is 2. The van der Waals surface area contributed by atoms with Crippen LogP contribution in [0.4, 0.5) is 26.4 Å². The van der Waals surface area contributed by atoms with Gasteiger partial charge in [0, 0.05) is 47.9 Å². The van der Waals surface area contributed by atoms with Gasteiger partial charge in [-0.25, -0.2) is 19.2 Å². The predicted molar refractivity (Wildman–Crippen MR) is 165 cm³/mol. The van der Waals surface area contributed by atoms with Crippen molar-refractivity contribution in [3.05, 3.63) is 96.4 Å². The zero-order valence-electron chi connectivity index (χ0n) is 23.5. The number of carbonyl (C=O) groups excluding carboxylic acids is 2. The van der Waals surface area contributed by atoms with Crippen molar-refractivity contribution in [3.63, 3.8) is 0 Å². The SMILES string of the molecule is CC(=O)Cc1ccc(NC(=O)Nc2ccc(-c3nc(N4CCOCC4)c4ccc(-c5ccccn5)cc4n3)cc2)c(F)c1. The van der Waals surface area contributed by atoms with Crippen molar-refractivity contribution < 1.29 is 18.7 Å². The average Bonchev–Trinajstić information content (AvgIpc) is 3.02. The number of nitrogens with one attached hydrogen (secondary N) is 2. The van der Waals surface area contributed by atoms with Crippen LogP contribution in [0.2, 0.25) is 0 Å². The number of aromatic nitrogens is 3. The molecule has 0 atom stereocenters. The number of urea groups is 1. The second-order valence-electron chi connectivity index (χ2n) is 10.3. The Morgan fingerprint density at radius 1 is 0.907 bits per heavy atom. The van der Waals surface area contributed by atoms with Crippen LogP contribution in [0.5, 0.6) is 0 Å². The third-order valence-corrected chi connectivity index (χ3v) is 7.08. The number of hydrogen-bond acceptors (Lipinski definition) is 7. The summed E-state index contributed by atoms with van der Waals surface area (Å²) in [6, 6.07) is 22.8. The van der Waals surface area contributed by atoms with Gasteiger partial charge in [-0.2, -0.15) is 0 Å². The van der Waals surface area contributed by atoms with E-state index >= 15 is 0 Å². The van der Waals surface area contributed by atoms with Crippen molar-refractivity contribution in [1.82, 2.24) is 15.0 Å². The molecule has 6 rings (SSSR count). The Morgan fingerprint density at radius 2 is 1.70 bits per heavy atom. The summed E-state index contributed by atoms with van der Waals surface area (Å²) in [5, 5.41) is 6.18. The largest absolute Gasteiger partial charge is 0.378 e. The van der Waals surface area contributed by atoms with Crippen LogP contribution in [0.25, 0.3) is 33.5 Å². The fourth-order valence-corrected chi connectivity index (χ4v) is 5.00. The fraction of sp³-hybridized carbons (Fsp3) is 0.182. The maximum absolute atomic E-state index is 14.5. The van der Waals surface area contributed by atoms with E-state index in [9.17, 15) is 14.0 Å². The second kappa shape index (κ2) is 12.3. The summed E-state index contributed by atoms with van der Waals surface area (Å²) in [7, 11) is 0. The van der Waals surface area contributed by atoms with Gasteiger partial charge >= 0.3 is 6.03 Å². The van der Waals surface area contributed by atoms with Crippen molar-refractivity contribution in [2.24, 2.45) is 0 Å². The normalized spacial score (nSPS) is 13.1. The number of fused-ring (bicyclic) bond motifs is 1. The molecule has 0 saturated carbocycles. The lowest BCUT2D eigenvalue weighted by Crippen LogP contribution is -2.37. The molecule has 0 unspecified atom stereocenters. The van der Waals surface area contributed by atoms with Crippen LogP contribution in [0.3, 0.4) is 0 Å². The molecular formula is C33H29FN6O3. The number of morpholine rings is 1. The van der Waals surface area contributed by atoms with E-state index in [0.717, 1.165) is 46.6 Å². The van der Waals surface area contributed by atoms with Crippen LogP contribution >= 0.6 is 0 Å². The van der Waals surface area contributed by atoms with Gasteiger partial charge in [0.25, 0.3) is 0 Å². The van der Waals surface area contributed by atoms with Gasteiger partial charge in [0.2, 0.25) is 0 Å². The van der Waals surface area contributed by atoms with Gasteiger partial charge < -0.3 is 20.3 Å². The maximum atomic E-state index is 14.5. The smallest absolute Gasteiger partial charge is 0.323 e. The van der Waals surface area contributed by atoms with E-state index in [1.165, 1.54) is 19.1 Å². The summed E-state index contributed by atoms with van der Waals surface area (Å²) in [5.41, 5.74) is 4.48. The number of hydrogen-bond donors (Lipinski definition) is 2. The quantitative estimate of drug-likeness (QED) is 0.241. The van der Waals surface area contributed by atoms with Gasteiger partial charge in [0.15, 0.2) is 5.82 Å². The van der Waals surface area contributed by atoms with Crippen LogP contribution in [-0.2, 0) is 16.0 Å². The van der Waals surface area contributed by atoms with Gasteiger partial charge in [0.05, 0.1) is 30.1 Å². The summed E-state index contributed by atoms with van der Waals surface area (Å²) in [4.78, 5) is 40.4. The first-order chi connectivity index (χ1) is 20.9. The van der Waals surface area contributed by atoms with Gasteiger partial charge in [-0.15, -0.1) is 0 Å². The van der Waals surface area contributed by atoms with E-state index in [1.54, 1.807) is 24.4 Å². The molecular weight excluding hydrogens is 547 g/mol. The topological polar surface area (TPSA) is 109 Å². The van der Waals surface area contributed by atoms with Gasteiger partial charge in [-0.05, 0) is 73.2 Å². The fourth-order valence-electron chi connectivity index (χ4n) is 5.00. The molecule has 1 aliphatic heterocycles. The highest BCUT2D eigenvalue weighted by Gasteiger charge is 2.19. The number of ketones is 1. The molecule has 0 bridgehead atoms. The van der Waals surface area contributed by atoms with E-state index in [4.69, 9.17) is 14.7 Å². The predicted octanol–water partition coefficient (Wildman–Crippen LogP) is 6.11. The molecule has 216 valence electrons. The first kappa shape index (κ1) is 27.9. The van der Waals surface area contributed by atoms with Crippen LogP contribution in [0.1, 0.15) is 12.5 Å². The number of halogens is 1. The highest BCUT2D eigenvalue weighted by atomic mass is 19.1. The third-order valence-electron chi connectivity index (χ3n) is 7.08. The number of rotatable bonds is 7. The standard InChI is InChI=1S/C33H29FN6O3/c1-21(41)18-22-5-12-29(27(34)19-22)38-33(42)36-25-9-6-23(7-10-25)31-37-30-20-24(28-4-2-3-13-35-28)8-11-26(30)32(39-31)40-14-16-43-17-15-40/h2-13,19-20H,14-18H2,1H3,(H2,36,38,42). The average molecular weight is 577 g/mol. The van der Waals surface area contributed by atoms with Crippen molar-refractivity contribution in [1.29, 1.82) is 0 Å². The number of Topliss-reactive ketones (excluding diaryl/α,β-unsaturated/α-hetero) is 1. The highest BCUT2D eigenvalue weighted by molar-refractivity contribution is 6.00.